The zero-order valence-corrected chi connectivity index (χ0v) is 9.91. The number of hydrogen-bond acceptors (Lipinski definition) is 4. The highest BCUT2D eigenvalue weighted by atomic mass is 32.1. The summed E-state index contributed by atoms with van der Waals surface area (Å²) in [6.45, 7) is 1.87. The summed E-state index contributed by atoms with van der Waals surface area (Å²) in [5.41, 5.74) is 1.41. The standard InChI is InChI=1S/C12H9N3OS/c1-8-5-11(15-12(17)14-8)16-10-4-2-3-9(6-10)7-13/h2-6H,1H3,(H,14,15,17). The third kappa shape index (κ3) is 2.89. The van der Waals surface area contributed by atoms with E-state index >= 15 is 0 Å². The summed E-state index contributed by atoms with van der Waals surface area (Å²) < 4.78 is 5.91. The number of aromatic nitrogens is 2. The van der Waals surface area contributed by atoms with Gasteiger partial charge in [-0.15, -0.1) is 0 Å². The lowest BCUT2D eigenvalue weighted by atomic mass is 10.2. The summed E-state index contributed by atoms with van der Waals surface area (Å²) in [4.78, 5) is 6.93. The first-order valence-electron chi connectivity index (χ1n) is 4.93. The van der Waals surface area contributed by atoms with Crippen molar-refractivity contribution in [1.82, 2.24) is 9.97 Å². The molecule has 0 aliphatic carbocycles. The molecule has 4 nitrogen and oxygen atoms in total. The molecule has 1 aromatic carbocycles. The van der Waals surface area contributed by atoms with Crippen LogP contribution in [0.2, 0.25) is 0 Å². The molecule has 0 saturated carbocycles. The molecule has 0 unspecified atom stereocenters. The Kier molecular flexibility index (Phi) is 3.17. The van der Waals surface area contributed by atoms with Gasteiger partial charge in [-0.1, -0.05) is 6.07 Å². The van der Waals surface area contributed by atoms with Crippen LogP contribution in [0.4, 0.5) is 0 Å². The van der Waals surface area contributed by atoms with Gasteiger partial charge in [0, 0.05) is 11.8 Å². The zero-order chi connectivity index (χ0) is 12.3. The Bertz CT molecular complexity index is 643. The van der Waals surface area contributed by atoms with Crippen molar-refractivity contribution >= 4 is 12.2 Å². The Morgan fingerprint density at radius 3 is 2.94 bits per heavy atom. The van der Waals surface area contributed by atoms with Crippen molar-refractivity contribution in [3.8, 4) is 17.7 Å². The first-order valence-corrected chi connectivity index (χ1v) is 5.34. The second kappa shape index (κ2) is 4.76. The van der Waals surface area contributed by atoms with Gasteiger partial charge < -0.3 is 9.72 Å². The van der Waals surface area contributed by atoms with Gasteiger partial charge in [-0.3, -0.25) is 0 Å². The van der Waals surface area contributed by atoms with Gasteiger partial charge in [0.15, 0.2) is 4.77 Å². The Balaban J connectivity index is 2.31. The fourth-order valence-corrected chi connectivity index (χ4v) is 1.60. The molecule has 1 heterocycles. The predicted molar refractivity (Wildman–Crippen MR) is 65.4 cm³/mol. The summed E-state index contributed by atoms with van der Waals surface area (Å²) in [7, 11) is 0. The highest BCUT2D eigenvalue weighted by molar-refractivity contribution is 7.71. The number of H-pyrrole nitrogens is 1. The molecule has 0 fully saturated rings. The maximum atomic E-state index is 8.77. The number of ether oxygens (including phenoxy) is 1. The van der Waals surface area contributed by atoms with Crippen LogP contribution >= 0.6 is 12.2 Å². The van der Waals surface area contributed by atoms with Crippen LogP contribution in [0.25, 0.3) is 0 Å². The molecule has 1 N–H and O–H groups in total. The van der Waals surface area contributed by atoms with Crippen LogP contribution < -0.4 is 4.74 Å². The van der Waals surface area contributed by atoms with Gasteiger partial charge in [-0.05, 0) is 37.3 Å². The summed E-state index contributed by atoms with van der Waals surface area (Å²) >= 11 is 4.95. The van der Waals surface area contributed by atoms with Gasteiger partial charge in [0.2, 0.25) is 5.88 Å². The Hall–Kier alpha value is -2.19. The molecule has 17 heavy (non-hydrogen) atoms. The molecular formula is C12H9N3OS. The molecular weight excluding hydrogens is 234 g/mol. The molecule has 0 radical (unpaired) electrons. The molecule has 0 bridgehead atoms. The first kappa shape index (κ1) is 11.3. The minimum absolute atomic E-state index is 0.372. The number of aryl methyl sites for hydroxylation is 1. The fourth-order valence-electron chi connectivity index (χ4n) is 1.35. The van der Waals surface area contributed by atoms with E-state index < -0.39 is 0 Å². The van der Waals surface area contributed by atoms with Gasteiger partial charge in [-0.2, -0.15) is 10.2 Å². The van der Waals surface area contributed by atoms with Crippen molar-refractivity contribution in [3.63, 3.8) is 0 Å². The quantitative estimate of drug-likeness (QED) is 0.823. The van der Waals surface area contributed by atoms with Gasteiger partial charge in [0.1, 0.15) is 5.75 Å². The van der Waals surface area contributed by atoms with E-state index in [0.717, 1.165) is 5.69 Å². The minimum Gasteiger partial charge on any atom is -0.439 e. The maximum Gasteiger partial charge on any atom is 0.223 e. The largest absolute Gasteiger partial charge is 0.439 e. The van der Waals surface area contributed by atoms with Crippen molar-refractivity contribution in [2.24, 2.45) is 0 Å². The van der Waals surface area contributed by atoms with Crippen LogP contribution in [0.1, 0.15) is 11.3 Å². The normalized spacial score (nSPS) is 9.65. The molecule has 0 aliphatic rings. The molecule has 0 atom stereocenters. The third-order valence-corrected chi connectivity index (χ3v) is 2.23. The lowest BCUT2D eigenvalue weighted by Crippen LogP contribution is -1.92. The fraction of sp³-hybridized carbons (Fsp3) is 0.0833. The van der Waals surface area contributed by atoms with Gasteiger partial charge in [-0.25, -0.2) is 0 Å². The molecule has 0 aliphatic heterocycles. The lowest BCUT2D eigenvalue weighted by molar-refractivity contribution is 0.459. The molecule has 2 rings (SSSR count). The summed E-state index contributed by atoms with van der Waals surface area (Å²) in [5, 5.41) is 8.77. The average molecular weight is 243 g/mol. The molecule has 5 heteroatoms. The van der Waals surface area contributed by atoms with Crippen LogP contribution in [0.15, 0.2) is 30.3 Å². The van der Waals surface area contributed by atoms with Crippen molar-refractivity contribution < 1.29 is 4.74 Å². The van der Waals surface area contributed by atoms with E-state index in [1.54, 1.807) is 30.3 Å². The number of nitrogens with one attached hydrogen (secondary N) is 1. The SMILES string of the molecule is Cc1cc(Oc2cccc(C#N)c2)nc(=S)[nH]1. The van der Waals surface area contributed by atoms with Gasteiger partial charge in [0.25, 0.3) is 0 Å². The molecule has 0 saturated heterocycles. The molecule has 84 valence electrons. The van der Waals surface area contributed by atoms with Crippen molar-refractivity contribution in [1.29, 1.82) is 5.26 Å². The molecule has 0 spiro atoms. The van der Waals surface area contributed by atoms with Crippen LogP contribution in [-0.2, 0) is 0 Å². The average Bonchev–Trinajstić information content (AvgIpc) is 2.28. The Labute approximate surface area is 104 Å². The van der Waals surface area contributed by atoms with Crippen LogP contribution in [0.5, 0.6) is 11.6 Å². The summed E-state index contributed by atoms with van der Waals surface area (Å²) in [6.07, 6.45) is 0. The van der Waals surface area contributed by atoms with Crippen LogP contribution in [0, 0.1) is 23.0 Å². The second-order valence-corrected chi connectivity index (χ2v) is 3.84. The lowest BCUT2D eigenvalue weighted by Gasteiger charge is -2.05. The highest BCUT2D eigenvalue weighted by Gasteiger charge is 2.01. The van der Waals surface area contributed by atoms with E-state index in [9.17, 15) is 0 Å². The second-order valence-electron chi connectivity index (χ2n) is 3.45. The first-order chi connectivity index (χ1) is 8.17. The number of hydrogen-bond donors (Lipinski definition) is 1. The number of rotatable bonds is 2. The van der Waals surface area contributed by atoms with E-state index in [1.165, 1.54) is 0 Å². The van der Waals surface area contributed by atoms with Crippen LogP contribution in [-0.4, -0.2) is 9.97 Å². The van der Waals surface area contributed by atoms with E-state index in [2.05, 4.69) is 9.97 Å². The Morgan fingerprint density at radius 2 is 2.24 bits per heavy atom. The van der Waals surface area contributed by atoms with Gasteiger partial charge in [0.05, 0.1) is 11.6 Å². The third-order valence-electron chi connectivity index (χ3n) is 2.04. The highest BCUT2D eigenvalue weighted by Crippen LogP contribution is 2.20. The summed E-state index contributed by atoms with van der Waals surface area (Å²) in [6, 6.07) is 10.7. The van der Waals surface area contributed by atoms with Crippen molar-refractivity contribution in [3.05, 3.63) is 46.4 Å². The predicted octanol–water partition coefficient (Wildman–Crippen LogP) is 3.11. The molecule has 1 aromatic heterocycles. The monoisotopic (exact) mass is 243 g/mol. The minimum atomic E-state index is 0.372. The maximum absolute atomic E-state index is 8.77. The van der Waals surface area contributed by atoms with E-state index in [1.807, 2.05) is 13.0 Å². The number of benzene rings is 1. The van der Waals surface area contributed by atoms with E-state index in [4.69, 9.17) is 22.2 Å². The van der Waals surface area contributed by atoms with E-state index in [-0.39, 0.29) is 0 Å². The zero-order valence-electron chi connectivity index (χ0n) is 9.10. The van der Waals surface area contributed by atoms with Gasteiger partial charge >= 0.3 is 0 Å². The molecule has 2 aromatic rings. The number of nitriles is 1. The summed E-state index contributed by atoms with van der Waals surface area (Å²) in [5.74, 6) is 0.984. The van der Waals surface area contributed by atoms with Crippen molar-refractivity contribution in [2.45, 2.75) is 6.92 Å². The topological polar surface area (TPSA) is 61.7 Å². The van der Waals surface area contributed by atoms with Crippen molar-refractivity contribution in [2.75, 3.05) is 0 Å². The number of aromatic amines is 1. The number of nitrogens with zero attached hydrogens (tertiary/aromatic N) is 2. The Morgan fingerprint density at radius 1 is 1.41 bits per heavy atom. The van der Waals surface area contributed by atoms with E-state index in [0.29, 0.717) is 22.0 Å². The van der Waals surface area contributed by atoms with Crippen LogP contribution in [0.3, 0.4) is 0 Å². The molecule has 0 amide bonds. The smallest absolute Gasteiger partial charge is 0.223 e.